The first-order valence-corrected chi connectivity index (χ1v) is 7.17. The van der Waals surface area contributed by atoms with E-state index >= 15 is 0 Å². The van der Waals surface area contributed by atoms with Crippen LogP contribution in [-0.2, 0) is 13.2 Å². The summed E-state index contributed by atoms with van der Waals surface area (Å²) < 4.78 is 5.80. The molecule has 0 aliphatic rings. The first-order chi connectivity index (χ1) is 10.3. The fraction of sp³-hybridized carbons (Fsp3) is 0.222. The van der Waals surface area contributed by atoms with Crippen LogP contribution in [-0.4, -0.2) is 5.11 Å². The fourth-order valence-electron chi connectivity index (χ4n) is 2.46. The molecule has 3 heteroatoms. The summed E-state index contributed by atoms with van der Waals surface area (Å²) in [5, 5.41) is 13.8. The lowest BCUT2D eigenvalue weighted by molar-refractivity contribution is 0.281. The molecule has 1 heterocycles. The lowest BCUT2D eigenvalue weighted by Gasteiger charge is -2.14. The monoisotopic (exact) mass is 281 g/mol. The molecule has 3 nitrogen and oxygen atoms in total. The van der Waals surface area contributed by atoms with Gasteiger partial charge in [0.05, 0.1) is 13.2 Å². The topological polar surface area (TPSA) is 45.4 Å². The lowest BCUT2D eigenvalue weighted by Crippen LogP contribution is -2.17. The average molecular weight is 281 g/mol. The first kappa shape index (κ1) is 13.9. The van der Waals surface area contributed by atoms with E-state index in [1.165, 1.54) is 0 Å². The van der Waals surface area contributed by atoms with Crippen molar-refractivity contribution in [2.24, 2.45) is 0 Å². The molecule has 2 N–H and O–H groups in total. The standard InChI is InChI=1S/C18H19NO2/c1-13(15-7-4-5-14(9-15)12-20)19-11-17-10-16-6-2-3-8-18(16)21-17/h2-10,13,19-20H,11-12H2,1H3. The maximum Gasteiger partial charge on any atom is 0.134 e. The zero-order chi connectivity index (χ0) is 14.7. The van der Waals surface area contributed by atoms with Crippen molar-refractivity contribution < 1.29 is 9.52 Å². The molecule has 0 radical (unpaired) electrons. The fourth-order valence-corrected chi connectivity index (χ4v) is 2.46. The van der Waals surface area contributed by atoms with Crippen molar-refractivity contribution in [2.75, 3.05) is 0 Å². The van der Waals surface area contributed by atoms with Gasteiger partial charge >= 0.3 is 0 Å². The summed E-state index contributed by atoms with van der Waals surface area (Å²) in [6.07, 6.45) is 0. The Bertz CT molecular complexity index is 700. The SMILES string of the molecule is CC(NCc1cc2ccccc2o1)c1cccc(CO)c1. The molecule has 0 aliphatic carbocycles. The highest BCUT2D eigenvalue weighted by atomic mass is 16.3. The number of furan rings is 1. The number of aliphatic hydroxyl groups excluding tert-OH is 1. The third-order valence-corrected chi connectivity index (χ3v) is 3.69. The van der Waals surface area contributed by atoms with Gasteiger partial charge in [0, 0.05) is 11.4 Å². The summed E-state index contributed by atoms with van der Waals surface area (Å²) in [7, 11) is 0. The summed E-state index contributed by atoms with van der Waals surface area (Å²) in [4.78, 5) is 0. The van der Waals surface area contributed by atoms with Crippen LogP contribution < -0.4 is 5.32 Å². The normalized spacial score (nSPS) is 12.7. The molecule has 0 amide bonds. The number of rotatable bonds is 5. The Morgan fingerprint density at radius 2 is 1.95 bits per heavy atom. The number of hydrogen-bond acceptors (Lipinski definition) is 3. The zero-order valence-electron chi connectivity index (χ0n) is 12.0. The highest BCUT2D eigenvalue weighted by Gasteiger charge is 2.08. The van der Waals surface area contributed by atoms with E-state index in [9.17, 15) is 5.11 Å². The van der Waals surface area contributed by atoms with Gasteiger partial charge in [-0.15, -0.1) is 0 Å². The molecule has 0 fully saturated rings. The molecule has 2 aromatic carbocycles. The van der Waals surface area contributed by atoms with Crippen molar-refractivity contribution in [1.29, 1.82) is 0 Å². The van der Waals surface area contributed by atoms with Crippen LogP contribution in [0, 0.1) is 0 Å². The van der Waals surface area contributed by atoms with Crippen LogP contribution in [0.1, 0.15) is 29.9 Å². The first-order valence-electron chi connectivity index (χ1n) is 7.17. The van der Waals surface area contributed by atoms with Gasteiger partial charge in [-0.25, -0.2) is 0 Å². The summed E-state index contributed by atoms with van der Waals surface area (Å²) in [6, 6.07) is 18.3. The second-order valence-electron chi connectivity index (χ2n) is 5.26. The number of benzene rings is 2. The molecule has 21 heavy (non-hydrogen) atoms. The zero-order valence-corrected chi connectivity index (χ0v) is 12.0. The Kier molecular flexibility index (Phi) is 4.04. The Hall–Kier alpha value is -2.10. The van der Waals surface area contributed by atoms with Crippen LogP contribution in [0.25, 0.3) is 11.0 Å². The van der Waals surface area contributed by atoms with Gasteiger partial charge in [-0.2, -0.15) is 0 Å². The number of nitrogens with one attached hydrogen (secondary N) is 1. The van der Waals surface area contributed by atoms with E-state index in [0.29, 0.717) is 6.54 Å². The number of aliphatic hydroxyl groups is 1. The largest absolute Gasteiger partial charge is 0.460 e. The number of para-hydroxylation sites is 1. The Balaban J connectivity index is 1.68. The van der Waals surface area contributed by atoms with Crippen LogP contribution in [0.3, 0.4) is 0 Å². The number of fused-ring (bicyclic) bond motifs is 1. The van der Waals surface area contributed by atoms with Gasteiger partial charge in [0.2, 0.25) is 0 Å². The third-order valence-electron chi connectivity index (χ3n) is 3.69. The minimum atomic E-state index is 0.0735. The molecular weight excluding hydrogens is 262 g/mol. The maximum atomic E-state index is 9.20. The Morgan fingerprint density at radius 3 is 2.76 bits per heavy atom. The summed E-state index contributed by atoms with van der Waals surface area (Å²) >= 11 is 0. The van der Waals surface area contributed by atoms with Crippen molar-refractivity contribution in [3.63, 3.8) is 0 Å². The van der Waals surface area contributed by atoms with E-state index < -0.39 is 0 Å². The molecule has 3 aromatic rings. The minimum Gasteiger partial charge on any atom is -0.460 e. The van der Waals surface area contributed by atoms with Gasteiger partial charge in [0.25, 0.3) is 0 Å². The third kappa shape index (κ3) is 3.15. The molecule has 1 aromatic heterocycles. The van der Waals surface area contributed by atoms with Crippen LogP contribution in [0.5, 0.6) is 0 Å². The highest BCUT2D eigenvalue weighted by molar-refractivity contribution is 5.77. The van der Waals surface area contributed by atoms with E-state index in [0.717, 1.165) is 27.9 Å². The molecule has 3 rings (SSSR count). The molecule has 0 aliphatic heterocycles. The van der Waals surface area contributed by atoms with Crippen molar-refractivity contribution in [2.45, 2.75) is 26.1 Å². The average Bonchev–Trinajstić information content (AvgIpc) is 2.95. The van der Waals surface area contributed by atoms with Gasteiger partial charge in [0.1, 0.15) is 11.3 Å². The highest BCUT2D eigenvalue weighted by Crippen LogP contribution is 2.20. The summed E-state index contributed by atoms with van der Waals surface area (Å²) in [5.41, 5.74) is 3.02. The predicted octanol–water partition coefficient (Wildman–Crippen LogP) is 3.78. The lowest BCUT2D eigenvalue weighted by atomic mass is 10.1. The maximum absolute atomic E-state index is 9.20. The molecule has 0 saturated heterocycles. The quantitative estimate of drug-likeness (QED) is 0.748. The second-order valence-corrected chi connectivity index (χ2v) is 5.26. The molecule has 0 bridgehead atoms. The van der Waals surface area contributed by atoms with Gasteiger partial charge in [-0.1, -0.05) is 42.5 Å². The number of hydrogen-bond donors (Lipinski definition) is 2. The van der Waals surface area contributed by atoms with E-state index in [-0.39, 0.29) is 12.6 Å². The van der Waals surface area contributed by atoms with E-state index in [2.05, 4.69) is 30.4 Å². The minimum absolute atomic E-state index is 0.0735. The van der Waals surface area contributed by atoms with E-state index in [4.69, 9.17) is 4.42 Å². The second kappa shape index (κ2) is 6.12. The van der Waals surface area contributed by atoms with Gasteiger partial charge in [-0.3, -0.25) is 0 Å². The van der Waals surface area contributed by atoms with Crippen LogP contribution in [0.4, 0.5) is 0 Å². The van der Waals surface area contributed by atoms with E-state index in [1.54, 1.807) is 0 Å². The van der Waals surface area contributed by atoms with Gasteiger partial charge < -0.3 is 14.8 Å². The predicted molar refractivity (Wildman–Crippen MR) is 83.8 cm³/mol. The van der Waals surface area contributed by atoms with Crippen molar-refractivity contribution in [3.8, 4) is 0 Å². The van der Waals surface area contributed by atoms with Gasteiger partial charge in [-0.05, 0) is 30.2 Å². The molecule has 1 unspecified atom stereocenters. The molecular formula is C18H19NO2. The van der Waals surface area contributed by atoms with Crippen LogP contribution in [0.2, 0.25) is 0 Å². The summed E-state index contributed by atoms with van der Waals surface area (Å²) in [5.74, 6) is 0.932. The van der Waals surface area contributed by atoms with E-state index in [1.807, 2.05) is 36.4 Å². The van der Waals surface area contributed by atoms with Crippen LogP contribution >= 0.6 is 0 Å². The van der Waals surface area contributed by atoms with Gasteiger partial charge in [0.15, 0.2) is 0 Å². The smallest absolute Gasteiger partial charge is 0.134 e. The van der Waals surface area contributed by atoms with Crippen LogP contribution in [0.15, 0.2) is 59.0 Å². The molecule has 108 valence electrons. The van der Waals surface area contributed by atoms with Crippen molar-refractivity contribution >= 4 is 11.0 Å². The van der Waals surface area contributed by atoms with Crippen molar-refractivity contribution in [3.05, 3.63) is 71.5 Å². The Morgan fingerprint density at radius 1 is 1.10 bits per heavy atom. The summed E-state index contributed by atoms with van der Waals surface area (Å²) in [6.45, 7) is 2.86. The molecule has 1 atom stereocenters. The molecule has 0 spiro atoms. The molecule has 0 saturated carbocycles. The van der Waals surface area contributed by atoms with Crippen molar-refractivity contribution in [1.82, 2.24) is 5.32 Å². The Labute approximate surface area is 124 Å².